The summed E-state index contributed by atoms with van der Waals surface area (Å²) in [6, 6.07) is 20.8. The molecule has 2 N–H and O–H groups in total. The molecule has 33 heavy (non-hydrogen) atoms. The summed E-state index contributed by atoms with van der Waals surface area (Å²) in [4.78, 5) is 27.4. The number of fused-ring (bicyclic) bond motifs is 3. The van der Waals surface area contributed by atoms with Gasteiger partial charge >= 0.3 is 0 Å². The highest BCUT2D eigenvalue weighted by Gasteiger charge is 2.21. The van der Waals surface area contributed by atoms with Gasteiger partial charge in [-0.3, -0.25) is 15.0 Å². The quantitative estimate of drug-likeness (QED) is 0.359. The third-order valence-corrected chi connectivity index (χ3v) is 6.64. The van der Waals surface area contributed by atoms with E-state index in [4.69, 9.17) is 4.74 Å². The van der Waals surface area contributed by atoms with Gasteiger partial charge in [0.05, 0.1) is 28.9 Å². The van der Waals surface area contributed by atoms with Gasteiger partial charge in [-0.15, -0.1) is 0 Å². The number of carbonyl (C=O) groups excluding carboxylic acids is 1. The van der Waals surface area contributed by atoms with E-state index in [1.54, 1.807) is 24.9 Å². The van der Waals surface area contributed by atoms with E-state index in [0.717, 1.165) is 43.4 Å². The van der Waals surface area contributed by atoms with Crippen LogP contribution in [0.15, 0.2) is 87.4 Å². The van der Waals surface area contributed by atoms with E-state index >= 15 is 0 Å². The summed E-state index contributed by atoms with van der Waals surface area (Å²) >= 11 is 1.61. The summed E-state index contributed by atoms with van der Waals surface area (Å²) in [5.41, 5.74) is 6.58. The highest BCUT2D eigenvalue weighted by atomic mass is 32.2. The first kappa shape index (κ1) is 20.9. The molecule has 0 atom stereocenters. The van der Waals surface area contributed by atoms with Gasteiger partial charge in [0.15, 0.2) is 0 Å². The van der Waals surface area contributed by atoms with Crippen molar-refractivity contribution in [1.29, 1.82) is 0 Å². The van der Waals surface area contributed by atoms with Gasteiger partial charge in [-0.1, -0.05) is 48.2 Å². The number of hydrogen-bond donors (Lipinski definition) is 2. The van der Waals surface area contributed by atoms with E-state index in [9.17, 15) is 9.59 Å². The molecular formula is C26H21N3O3S. The minimum atomic E-state index is -0.388. The molecule has 2 heterocycles. The number of aryl methyl sites for hydroxylation is 1. The van der Waals surface area contributed by atoms with Gasteiger partial charge in [0.1, 0.15) is 5.75 Å². The van der Waals surface area contributed by atoms with Crippen molar-refractivity contribution < 1.29 is 9.53 Å². The lowest BCUT2D eigenvalue weighted by Gasteiger charge is -2.24. The predicted octanol–water partition coefficient (Wildman–Crippen LogP) is 5.31. The maximum absolute atomic E-state index is 12.8. The van der Waals surface area contributed by atoms with Crippen molar-refractivity contribution >= 4 is 46.0 Å². The Morgan fingerprint density at radius 1 is 1.06 bits per heavy atom. The van der Waals surface area contributed by atoms with Crippen LogP contribution in [-0.2, 0) is 4.79 Å². The van der Waals surface area contributed by atoms with Crippen LogP contribution in [0.2, 0.25) is 0 Å². The average molecular weight is 456 g/mol. The molecule has 0 unspecified atom stereocenters. The molecule has 1 aliphatic heterocycles. The van der Waals surface area contributed by atoms with E-state index < -0.39 is 0 Å². The molecule has 164 valence electrons. The summed E-state index contributed by atoms with van der Waals surface area (Å²) in [7, 11) is 1.66. The smallest absolute Gasteiger partial charge is 0.270 e. The van der Waals surface area contributed by atoms with Crippen molar-refractivity contribution in [2.45, 2.75) is 16.7 Å². The van der Waals surface area contributed by atoms with Crippen LogP contribution in [0.3, 0.4) is 0 Å². The summed E-state index contributed by atoms with van der Waals surface area (Å²) in [6.07, 6.45) is 3.13. The van der Waals surface area contributed by atoms with Crippen LogP contribution in [-0.4, -0.2) is 17.7 Å². The maximum Gasteiger partial charge on any atom is 0.270 e. The first-order valence-corrected chi connectivity index (χ1v) is 11.2. The van der Waals surface area contributed by atoms with Gasteiger partial charge in [-0.2, -0.15) is 0 Å². The highest BCUT2D eigenvalue weighted by Crippen LogP contribution is 2.49. The Morgan fingerprint density at radius 3 is 2.67 bits per heavy atom. The third-order valence-electron chi connectivity index (χ3n) is 5.45. The Bertz CT molecular complexity index is 1480. The van der Waals surface area contributed by atoms with Crippen molar-refractivity contribution in [3.63, 3.8) is 0 Å². The van der Waals surface area contributed by atoms with E-state index in [1.165, 1.54) is 16.8 Å². The number of aromatic nitrogens is 1. The van der Waals surface area contributed by atoms with Crippen molar-refractivity contribution in [3.05, 3.63) is 94.3 Å². The van der Waals surface area contributed by atoms with Crippen LogP contribution in [0.5, 0.6) is 5.75 Å². The normalized spacial score (nSPS) is 12.2. The van der Waals surface area contributed by atoms with Gasteiger partial charge in [0.25, 0.3) is 11.5 Å². The highest BCUT2D eigenvalue weighted by molar-refractivity contribution is 7.99. The van der Waals surface area contributed by atoms with Crippen LogP contribution >= 0.6 is 11.8 Å². The zero-order chi connectivity index (χ0) is 22.9. The fraction of sp³-hybridized carbons (Fsp3) is 0.0769. The van der Waals surface area contributed by atoms with Crippen molar-refractivity contribution in [2.75, 3.05) is 17.9 Å². The van der Waals surface area contributed by atoms with Crippen LogP contribution < -0.4 is 21.0 Å². The second kappa shape index (κ2) is 8.52. The second-order valence-corrected chi connectivity index (χ2v) is 8.70. The molecule has 0 aliphatic carbocycles. The summed E-state index contributed by atoms with van der Waals surface area (Å²) in [5, 5.41) is 4.31. The van der Waals surface area contributed by atoms with E-state index in [1.807, 2.05) is 67.6 Å². The lowest BCUT2D eigenvalue weighted by atomic mass is 10.1. The number of anilines is 2. The number of nitrogens with one attached hydrogen (secondary N) is 2. The fourth-order valence-electron chi connectivity index (χ4n) is 3.83. The van der Waals surface area contributed by atoms with Crippen molar-refractivity contribution in [2.24, 2.45) is 0 Å². The number of methoxy groups -OCH3 is 1. The fourth-order valence-corrected chi connectivity index (χ4v) is 4.93. The first-order valence-electron chi connectivity index (χ1n) is 10.4. The molecular weight excluding hydrogens is 434 g/mol. The van der Waals surface area contributed by atoms with Crippen LogP contribution in [0.1, 0.15) is 11.1 Å². The molecule has 7 heteroatoms. The van der Waals surface area contributed by atoms with Crippen LogP contribution in [0.4, 0.5) is 11.4 Å². The molecule has 0 saturated heterocycles. The van der Waals surface area contributed by atoms with E-state index in [2.05, 4.69) is 10.7 Å². The number of amides is 1. The van der Waals surface area contributed by atoms with Crippen LogP contribution in [0, 0.1) is 6.92 Å². The van der Waals surface area contributed by atoms with E-state index in [0.29, 0.717) is 5.52 Å². The second-order valence-electron chi connectivity index (χ2n) is 7.65. The van der Waals surface area contributed by atoms with Crippen molar-refractivity contribution in [3.8, 4) is 5.75 Å². The summed E-state index contributed by atoms with van der Waals surface area (Å²) < 4.78 is 6.81. The molecule has 0 radical (unpaired) electrons. The summed E-state index contributed by atoms with van der Waals surface area (Å²) in [5.74, 6) is 0.413. The number of ether oxygens (including phenoxy) is 1. The van der Waals surface area contributed by atoms with Gasteiger partial charge in [0, 0.05) is 22.4 Å². The Labute approximate surface area is 194 Å². The molecule has 0 fully saturated rings. The molecule has 4 aromatic rings. The van der Waals surface area contributed by atoms with Gasteiger partial charge in [-0.05, 0) is 48.4 Å². The standard InChI is InChI=1S/C26H21N3O3S/c1-16-13-25(31)29(28-24(30)12-11-17-7-4-3-5-8-17)21-15-20-23(14-18(16)21)33-26-19(27-20)9-6-10-22(26)32-2/h3-15,27H,1-2H3,(H,28,30)/b12-11+. The zero-order valence-electron chi connectivity index (χ0n) is 18.1. The molecule has 0 saturated carbocycles. The Kier molecular flexibility index (Phi) is 5.40. The molecule has 3 aromatic carbocycles. The lowest BCUT2D eigenvalue weighted by Crippen LogP contribution is -2.32. The number of pyridine rings is 1. The largest absolute Gasteiger partial charge is 0.495 e. The topological polar surface area (TPSA) is 72.4 Å². The van der Waals surface area contributed by atoms with Gasteiger partial charge in [-0.25, -0.2) is 4.68 Å². The van der Waals surface area contributed by atoms with Gasteiger partial charge in [0.2, 0.25) is 0 Å². The third kappa shape index (κ3) is 3.99. The molecule has 1 amide bonds. The monoisotopic (exact) mass is 455 g/mol. The summed E-state index contributed by atoms with van der Waals surface area (Å²) in [6.45, 7) is 1.90. The Morgan fingerprint density at radius 2 is 1.88 bits per heavy atom. The maximum atomic E-state index is 12.8. The molecule has 1 aromatic heterocycles. The number of rotatable bonds is 4. The molecule has 1 aliphatic rings. The number of carbonyl (C=O) groups is 1. The number of hydrogen-bond acceptors (Lipinski definition) is 5. The first-order chi connectivity index (χ1) is 16.0. The SMILES string of the molecule is COc1cccc2c1Sc1cc3c(C)cc(=O)n(NC(=O)/C=C/c4ccccc4)c3cc1N2. The zero-order valence-corrected chi connectivity index (χ0v) is 18.9. The van der Waals surface area contributed by atoms with Crippen molar-refractivity contribution in [1.82, 2.24) is 4.68 Å². The number of benzene rings is 3. The number of nitrogens with zero attached hydrogens (tertiary/aromatic N) is 1. The lowest BCUT2D eigenvalue weighted by molar-refractivity contribution is -0.112. The van der Waals surface area contributed by atoms with Crippen LogP contribution in [0.25, 0.3) is 17.0 Å². The molecule has 0 bridgehead atoms. The Hall–Kier alpha value is -3.97. The van der Waals surface area contributed by atoms with Gasteiger partial charge < -0.3 is 10.1 Å². The molecule has 5 rings (SSSR count). The Balaban J connectivity index is 1.54. The van der Waals surface area contributed by atoms with E-state index in [-0.39, 0.29) is 11.5 Å². The minimum absolute atomic E-state index is 0.299. The average Bonchev–Trinajstić information content (AvgIpc) is 2.83. The predicted molar refractivity (Wildman–Crippen MR) is 133 cm³/mol. The molecule has 6 nitrogen and oxygen atoms in total. The minimum Gasteiger partial charge on any atom is -0.495 e. The molecule has 0 spiro atoms.